The maximum absolute atomic E-state index is 12.8. The van der Waals surface area contributed by atoms with Crippen LogP contribution < -0.4 is 0 Å². The third-order valence-electron chi connectivity index (χ3n) is 2.93. The summed E-state index contributed by atoms with van der Waals surface area (Å²) in [5.41, 5.74) is -0.740. The predicted molar refractivity (Wildman–Crippen MR) is 136 cm³/mol. The van der Waals surface area contributed by atoms with Crippen molar-refractivity contribution in [2.75, 3.05) is 71.6 Å². The van der Waals surface area contributed by atoms with Gasteiger partial charge in [-0.3, -0.25) is 27.1 Å². The number of rotatable bonds is 20. The number of halogens is 6. The summed E-state index contributed by atoms with van der Waals surface area (Å²) in [4.78, 5) is 0. The van der Waals surface area contributed by atoms with Crippen molar-refractivity contribution in [3.63, 3.8) is 0 Å². The SMILES string of the molecule is O=P(OCCBr)(OCCBr)OCC(CBr)(CBr)COP(=O)(OCCBr)OCCBr. The zero-order valence-electron chi connectivity index (χ0n) is 15.4. The Bertz CT molecular complexity index is 450. The van der Waals surface area contributed by atoms with Crippen LogP contribution in [0.25, 0.3) is 0 Å². The first kappa shape index (κ1) is 32.1. The van der Waals surface area contributed by atoms with Gasteiger partial charge >= 0.3 is 15.6 Å². The molecule has 0 spiro atoms. The van der Waals surface area contributed by atoms with E-state index in [1.165, 1.54) is 0 Å². The molecular weight excluding hydrogens is 826 g/mol. The second-order valence-electron chi connectivity index (χ2n) is 5.30. The summed E-state index contributed by atoms with van der Waals surface area (Å²) < 4.78 is 57.8. The first-order valence-corrected chi connectivity index (χ1v) is 17.9. The third-order valence-corrected chi connectivity index (χ3v) is 9.49. The molecule has 0 saturated heterocycles. The molecule has 0 fully saturated rings. The van der Waals surface area contributed by atoms with E-state index in [-0.39, 0.29) is 39.6 Å². The average Bonchev–Trinajstić information content (AvgIpc) is 2.74. The van der Waals surface area contributed by atoms with Crippen molar-refractivity contribution in [1.82, 2.24) is 0 Å². The quantitative estimate of drug-likeness (QED) is 0.0995. The van der Waals surface area contributed by atoms with Crippen LogP contribution in [0.15, 0.2) is 0 Å². The molecule has 8 nitrogen and oxygen atoms in total. The van der Waals surface area contributed by atoms with Gasteiger partial charge in [0, 0.05) is 37.4 Å². The molecule has 29 heavy (non-hydrogen) atoms. The van der Waals surface area contributed by atoms with Gasteiger partial charge in [-0.2, -0.15) is 0 Å². The fraction of sp³-hybridized carbons (Fsp3) is 1.00. The highest BCUT2D eigenvalue weighted by Crippen LogP contribution is 2.53. The summed E-state index contributed by atoms with van der Waals surface area (Å²) in [5.74, 6) is 0. The van der Waals surface area contributed by atoms with Crippen molar-refractivity contribution in [2.24, 2.45) is 5.41 Å². The van der Waals surface area contributed by atoms with Crippen LogP contribution in [-0.4, -0.2) is 71.6 Å². The topological polar surface area (TPSA) is 89.5 Å². The van der Waals surface area contributed by atoms with E-state index in [0.29, 0.717) is 32.0 Å². The maximum atomic E-state index is 12.8. The van der Waals surface area contributed by atoms with Crippen molar-refractivity contribution in [1.29, 1.82) is 0 Å². The van der Waals surface area contributed by atoms with E-state index in [9.17, 15) is 9.13 Å². The number of phosphoric ester groups is 2. The van der Waals surface area contributed by atoms with Crippen LogP contribution in [0.4, 0.5) is 0 Å². The van der Waals surface area contributed by atoms with Gasteiger partial charge < -0.3 is 0 Å². The number of alkyl halides is 6. The normalized spacial score (nSPS) is 13.2. The van der Waals surface area contributed by atoms with Crippen molar-refractivity contribution in [3.05, 3.63) is 0 Å². The molecule has 0 aromatic carbocycles. The zero-order valence-corrected chi connectivity index (χ0v) is 26.7. The molecule has 0 aromatic heterocycles. The Kier molecular flexibility index (Phi) is 20.4. The van der Waals surface area contributed by atoms with Gasteiger partial charge in [0.2, 0.25) is 0 Å². The van der Waals surface area contributed by atoms with E-state index in [4.69, 9.17) is 27.1 Å². The molecule has 0 aliphatic heterocycles. The molecule has 0 radical (unpaired) electrons. The molecule has 176 valence electrons. The highest BCUT2D eigenvalue weighted by Gasteiger charge is 2.38. The molecule has 16 heteroatoms. The molecule has 0 atom stereocenters. The smallest absolute Gasteiger partial charge is 0.286 e. The molecule has 0 heterocycles. The highest BCUT2D eigenvalue weighted by atomic mass is 79.9. The molecular formula is C13H24Br6O8P2. The summed E-state index contributed by atoms with van der Waals surface area (Å²) in [5, 5.41) is 2.67. The fourth-order valence-electron chi connectivity index (χ4n) is 1.47. The first-order chi connectivity index (χ1) is 13.8. The summed E-state index contributed by atoms with van der Waals surface area (Å²) in [6.07, 6.45) is 0. The number of phosphoric acid groups is 2. The summed E-state index contributed by atoms with van der Waals surface area (Å²) in [7, 11) is -7.55. The number of hydrogen-bond acceptors (Lipinski definition) is 8. The van der Waals surface area contributed by atoms with Crippen LogP contribution in [0.2, 0.25) is 0 Å². The minimum absolute atomic E-state index is 0.0533. The van der Waals surface area contributed by atoms with E-state index in [1.807, 2.05) is 0 Å². The lowest BCUT2D eigenvalue weighted by Crippen LogP contribution is -2.36. The van der Waals surface area contributed by atoms with Crippen LogP contribution >= 0.6 is 111 Å². The standard InChI is InChI=1S/C13H24Br6O8P2/c14-1-5-22-28(20,23-6-2-15)26-11-13(9-18,10-19)12-27-29(21,24-7-3-16)25-8-4-17/h1-12H2. The van der Waals surface area contributed by atoms with Gasteiger partial charge in [-0.1, -0.05) is 95.6 Å². The number of hydrogen-bond donors (Lipinski definition) is 0. The van der Waals surface area contributed by atoms with E-state index in [0.717, 1.165) is 0 Å². The van der Waals surface area contributed by atoms with Gasteiger partial charge in [-0.15, -0.1) is 0 Å². The Morgan fingerprint density at radius 2 is 0.793 bits per heavy atom. The van der Waals surface area contributed by atoms with Crippen molar-refractivity contribution in [2.45, 2.75) is 0 Å². The van der Waals surface area contributed by atoms with E-state index in [1.54, 1.807) is 0 Å². The van der Waals surface area contributed by atoms with Crippen LogP contribution in [0.3, 0.4) is 0 Å². The average molecular weight is 850 g/mol. The monoisotopic (exact) mass is 844 g/mol. The van der Waals surface area contributed by atoms with Gasteiger partial charge in [0.25, 0.3) is 0 Å². The molecule has 0 aromatic rings. The van der Waals surface area contributed by atoms with Crippen LogP contribution in [0, 0.1) is 5.41 Å². The van der Waals surface area contributed by atoms with E-state index in [2.05, 4.69) is 95.6 Å². The lowest BCUT2D eigenvalue weighted by Gasteiger charge is -2.31. The predicted octanol–water partition coefficient (Wildman–Crippen LogP) is 6.66. The first-order valence-electron chi connectivity index (χ1n) is 8.21. The lowest BCUT2D eigenvalue weighted by atomic mass is 9.97. The molecule has 0 unspecified atom stereocenters. The summed E-state index contributed by atoms with van der Waals surface area (Å²) >= 11 is 19.7. The molecule has 0 N–H and O–H groups in total. The summed E-state index contributed by atoms with van der Waals surface area (Å²) in [6, 6.07) is 0. The minimum Gasteiger partial charge on any atom is -0.286 e. The minimum atomic E-state index is -3.78. The molecule has 0 aliphatic carbocycles. The van der Waals surface area contributed by atoms with Crippen molar-refractivity contribution in [3.8, 4) is 0 Å². The molecule has 0 aliphatic rings. The molecule has 0 amide bonds. The zero-order chi connectivity index (χ0) is 22.2. The Morgan fingerprint density at radius 3 is 1.00 bits per heavy atom. The second kappa shape index (κ2) is 18.4. The Labute approximate surface area is 222 Å². The maximum Gasteiger partial charge on any atom is 0.474 e. The Hall–Kier alpha value is 3.10. The van der Waals surface area contributed by atoms with Gasteiger partial charge in [0.15, 0.2) is 0 Å². The molecule has 0 rings (SSSR count). The fourth-order valence-corrected chi connectivity index (χ4v) is 7.27. The van der Waals surface area contributed by atoms with E-state index < -0.39 is 21.1 Å². The van der Waals surface area contributed by atoms with Crippen LogP contribution in [0.5, 0.6) is 0 Å². The molecule has 0 saturated carbocycles. The lowest BCUT2D eigenvalue weighted by molar-refractivity contribution is 0.0487. The summed E-state index contributed by atoms with van der Waals surface area (Å²) in [6.45, 7) is 0.511. The third kappa shape index (κ3) is 14.2. The van der Waals surface area contributed by atoms with Gasteiger partial charge in [-0.25, -0.2) is 9.13 Å². The van der Waals surface area contributed by atoms with Gasteiger partial charge in [0.05, 0.1) is 39.6 Å². The van der Waals surface area contributed by atoms with Crippen LogP contribution in [0.1, 0.15) is 0 Å². The van der Waals surface area contributed by atoms with Crippen LogP contribution in [-0.2, 0) is 36.3 Å². The van der Waals surface area contributed by atoms with Gasteiger partial charge in [-0.05, 0) is 0 Å². The van der Waals surface area contributed by atoms with Gasteiger partial charge in [0.1, 0.15) is 0 Å². The van der Waals surface area contributed by atoms with E-state index >= 15 is 0 Å². The highest BCUT2D eigenvalue weighted by molar-refractivity contribution is 9.10. The Morgan fingerprint density at radius 1 is 0.517 bits per heavy atom. The largest absolute Gasteiger partial charge is 0.474 e. The Balaban J connectivity index is 5.16. The molecule has 0 bridgehead atoms. The van der Waals surface area contributed by atoms with Crippen molar-refractivity contribution < 1.29 is 36.3 Å². The second-order valence-corrected chi connectivity index (χ2v) is 12.9. The van der Waals surface area contributed by atoms with Crippen molar-refractivity contribution >= 4 is 111 Å².